The smallest absolute Gasteiger partial charge is 0.338 e. The molecule has 0 amide bonds. The fraction of sp³-hybridized carbons (Fsp3) is 0.368. The summed E-state index contributed by atoms with van der Waals surface area (Å²) in [6.07, 6.45) is 2.37. The number of hydrogen-bond donors (Lipinski definition) is 2. The van der Waals surface area contributed by atoms with E-state index >= 15 is 0 Å². The molecule has 6 nitrogen and oxygen atoms in total. The molecule has 0 aliphatic heterocycles. The van der Waals surface area contributed by atoms with Gasteiger partial charge in [0.25, 0.3) is 0 Å². The van der Waals surface area contributed by atoms with Crippen molar-refractivity contribution in [1.29, 1.82) is 0 Å². The van der Waals surface area contributed by atoms with Crippen molar-refractivity contribution in [3.63, 3.8) is 0 Å². The molecule has 1 aromatic carbocycles. The molecule has 0 bridgehead atoms. The highest BCUT2D eigenvalue weighted by Gasteiger charge is 2.18. The number of carboxylic acids is 1. The van der Waals surface area contributed by atoms with Crippen LogP contribution in [0.5, 0.6) is 0 Å². The SMILES string of the molecule is CCCC[C@H](NCc1ccc(-c2ccccc2C(=O)OC)o1)C(=O)O. The molecular weight excluding hydrogens is 322 g/mol. The fourth-order valence-electron chi connectivity index (χ4n) is 2.55. The highest BCUT2D eigenvalue weighted by atomic mass is 16.5. The Balaban J connectivity index is 2.10. The van der Waals surface area contributed by atoms with Crippen LogP contribution in [0.15, 0.2) is 40.8 Å². The van der Waals surface area contributed by atoms with E-state index in [-0.39, 0.29) is 0 Å². The molecule has 0 fully saturated rings. The first-order chi connectivity index (χ1) is 12.1. The lowest BCUT2D eigenvalue weighted by Crippen LogP contribution is -2.36. The first-order valence-corrected chi connectivity index (χ1v) is 8.29. The molecule has 1 heterocycles. The van der Waals surface area contributed by atoms with Crippen LogP contribution in [0, 0.1) is 0 Å². The molecule has 0 saturated carbocycles. The summed E-state index contributed by atoms with van der Waals surface area (Å²) in [6.45, 7) is 2.33. The maximum atomic E-state index is 11.9. The van der Waals surface area contributed by atoms with Crippen LogP contribution in [0.25, 0.3) is 11.3 Å². The van der Waals surface area contributed by atoms with Crippen molar-refractivity contribution in [2.75, 3.05) is 7.11 Å². The zero-order valence-electron chi connectivity index (χ0n) is 14.5. The number of benzene rings is 1. The number of esters is 1. The number of carbonyl (C=O) groups excluding carboxylic acids is 1. The summed E-state index contributed by atoms with van der Waals surface area (Å²) in [5.74, 6) is -0.149. The molecule has 0 radical (unpaired) electrons. The van der Waals surface area contributed by atoms with Gasteiger partial charge in [-0.05, 0) is 24.6 Å². The molecule has 134 valence electrons. The number of methoxy groups -OCH3 is 1. The monoisotopic (exact) mass is 345 g/mol. The van der Waals surface area contributed by atoms with E-state index in [9.17, 15) is 14.7 Å². The average molecular weight is 345 g/mol. The summed E-state index contributed by atoms with van der Waals surface area (Å²) in [5, 5.41) is 12.2. The molecular formula is C19H23NO5. The van der Waals surface area contributed by atoms with Crippen molar-refractivity contribution >= 4 is 11.9 Å². The minimum atomic E-state index is -0.865. The Hall–Kier alpha value is -2.60. The van der Waals surface area contributed by atoms with Gasteiger partial charge in [0.05, 0.1) is 19.2 Å². The molecule has 1 atom stereocenters. The van der Waals surface area contributed by atoms with Gasteiger partial charge in [0.15, 0.2) is 0 Å². The zero-order valence-corrected chi connectivity index (χ0v) is 14.5. The lowest BCUT2D eigenvalue weighted by Gasteiger charge is -2.12. The Kier molecular flexibility index (Phi) is 6.77. The largest absolute Gasteiger partial charge is 0.480 e. The van der Waals surface area contributed by atoms with Crippen molar-refractivity contribution in [3.8, 4) is 11.3 Å². The summed E-state index contributed by atoms with van der Waals surface area (Å²) in [4.78, 5) is 23.1. The number of carboxylic acid groups (broad SMARTS) is 1. The van der Waals surface area contributed by atoms with Crippen LogP contribution in [0.3, 0.4) is 0 Å². The Morgan fingerprint density at radius 2 is 2.00 bits per heavy atom. The van der Waals surface area contributed by atoms with E-state index in [4.69, 9.17) is 9.15 Å². The molecule has 1 aromatic heterocycles. The van der Waals surface area contributed by atoms with Crippen molar-refractivity contribution < 1.29 is 23.8 Å². The number of furan rings is 1. The highest BCUT2D eigenvalue weighted by molar-refractivity contribution is 5.96. The van der Waals surface area contributed by atoms with Gasteiger partial charge in [-0.15, -0.1) is 0 Å². The molecule has 0 spiro atoms. The van der Waals surface area contributed by atoms with Gasteiger partial charge in [0.2, 0.25) is 0 Å². The number of carbonyl (C=O) groups is 2. The number of rotatable bonds is 9. The normalized spacial score (nSPS) is 11.9. The average Bonchev–Trinajstić information content (AvgIpc) is 3.09. The van der Waals surface area contributed by atoms with Crippen molar-refractivity contribution in [1.82, 2.24) is 5.32 Å². The number of ether oxygens (including phenoxy) is 1. The van der Waals surface area contributed by atoms with Crippen LogP contribution < -0.4 is 5.32 Å². The second-order valence-electron chi connectivity index (χ2n) is 5.72. The second kappa shape index (κ2) is 9.03. The Morgan fingerprint density at radius 3 is 2.68 bits per heavy atom. The van der Waals surface area contributed by atoms with Crippen molar-refractivity contribution in [3.05, 3.63) is 47.7 Å². The van der Waals surface area contributed by atoms with Gasteiger partial charge >= 0.3 is 11.9 Å². The van der Waals surface area contributed by atoms with Gasteiger partial charge in [0, 0.05) is 5.56 Å². The highest BCUT2D eigenvalue weighted by Crippen LogP contribution is 2.26. The summed E-state index contributed by atoms with van der Waals surface area (Å²) in [7, 11) is 1.33. The van der Waals surface area contributed by atoms with Crippen LogP contribution in [-0.4, -0.2) is 30.2 Å². The molecule has 6 heteroatoms. The van der Waals surface area contributed by atoms with Crippen LogP contribution in [0.2, 0.25) is 0 Å². The standard InChI is InChI=1S/C19H23NO5/c1-3-4-9-16(18(21)22)20-12-13-10-11-17(25-13)14-7-5-6-8-15(14)19(23)24-2/h5-8,10-11,16,20H,3-4,9,12H2,1-2H3,(H,21,22)/t16-/m0/s1. The first kappa shape index (κ1) is 18.7. The first-order valence-electron chi connectivity index (χ1n) is 8.29. The molecule has 0 unspecified atom stereocenters. The molecule has 0 aliphatic rings. The fourth-order valence-corrected chi connectivity index (χ4v) is 2.55. The summed E-state index contributed by atoms with van der Waals surface area (Å²) in [5.41, 5.74) is 1.06. The van der Waals surface area contributed by atoms with Crippen molar-refractivity contribution in [2.45, 2.75) is 38.8 Å². The molecule has 25 heavy (non-hydrogen) atoms. The van der Waals surface area contributed by atoms with Crippen LogP contribution >= 0.6 is 0 Å². The lowest BCUT2D eigenvalue weighted by atomic mass is 10.1. The summed E-state index contributed by atoms with van der Waals surface area (Å²) in [6, 6.07) is 9.96. The molecule has 0 saturated heterocycles. The van der Waals surface area contributed by atoms with Gasteiger partial charge in [0.1, 0.15) is 17.6 Å². The van der Waals surface area contributed by atoms with Gasteiger partial charge in [-0.1, -0.05) is 38.0 Å². The van der Waals surface area contributed by atoms with Gasteiger partial charge in [-0.25, -0.2) is 4.79 Å². The maximum absolute atomic E-state index is 11.9. The van der Waals surface area contributed by atoms with Crippen LogP contribution in [0.1, 0.15) is 42.3 Å². The van der Waals surface area contributed by atoms with E-state index in [0.29, 0.717) is 35.6 Å². The Morgan fingerprint density at radius 1 is 1.24 bits per heavy atom. The number of aliphatic carboxylic acids is 1. The van der Waals surface area contributed by atoms with Gasteiger partial charge < -0.3 is 14.3 Å². The van der Waals surface area contributed by atoms with E-state index in [1.54, 1.807) is 30.3 Å². The van der Waals surface area contributed by atoms with Crippen molar-refractivity contribution in [2.24, 2.45) is 0 Å². The Bertz CT molecular complexity index is 722. The Labute approximate surface area is 146 Å². The van der Waals surface area contributed by atoms with E-state index in [1.807, 2.05) is 13.0 Å². The zero-order chi connectivity index (χ0) is 18.2. The minimum absolute atomic E-state index is 0.307. The maximum Gasteiger partial charge on any atom is 0.338 e. The predicted molar refractivity (Wildman–Crippen MR) is 93.3 cm³/mol. The molecule has 2 rings (SSSR count). The van der Waals surface area contributed by atoms with Gasteiger partial charge in [-0.3, -0.25) is 10.1 Å². The predicted octanol–water partition coefficient (Wildman–Crippen LogP) is 3.47. The van der Waals surface area contributed by atoms with E-state index < -0.39 is 18.0 Å². The second-order valence-corrected chi connectivity index (χ2v) is 5.72. The van der Waals surface area contributed by atoms with E-state index in [1.165, 1.54) is 7.11 Å². The van der Waals surface area contributed by atoms with Gasteiger partial charge in [-0.2, -0.15) is 0 Å². The minimum Gasteiger partial charge on any atom is -0.480 e. The van der Waals surface area contributed by atoms with E-state index in [2.05, 4.69) is 5.32 Å². The molecule has 2 aromatic rings. The summed E-state index contributed by atoms with van der Waals surface area (Å²) >= 11 is 0. The topological polar surface area (TPSA) is 88.8 Å². The molecule has 2 N–H and O–H groups in total. The van der Waals surface area contributed by atoms with Crippen LogP contribution in [-0.2, 0) is 16.1 Å². The summed E-state index contributed by atoms with van der Waals surface area (Å²) < 4.78 is 10.6. The third-order valence-corrected chi connectivity index (χ3v) is 3.93. The third kappa shape index (κ3) is 4.93. The third-order valence-electron chi connectivity index (χ3n) is 3.93. The number of hydrogen-bond acceptors (Lipinski definition) is 5. The number of nitrogens with one attached hydrogen (secondary N) is 1. The number of unbranched alkanes of at least 4 members (excludes halogenated alkanes) is 1. The van der Waals surface area contributed by atoms with Crippen LogP contribution in [0.4, 0.5) is 0 Å². The lowest BCUT2D eigenvalue weighted by molar-refractivity contribution is -0.139. The van der Waals surface area contributed by atoms with E-state index in [0.717, 1.165) is 12.8 Å². The molecule has 0 aliphatic carbocycles. The quantitative estimate of drug-likeness (QED) is 0.677.